The van der Waals surface area contributed by atoms with E-state index in [9.17, 15) is 4.79 Å². The van der Waals surface area contributed by atoms with Crippen LogP contribution in [0.1, 0.15) is 24.3 Å². The fourth-order valence-electron chi connectivity index (χ4n) is 2.94. The van der Waals surface area contributed by atoms with Crippen LogP contribution in [0, 0.1) is 6.92 Å². The number of aromatic nitrogens is 1. The Labute approximate surface area is 130 Å². The Hall–Kier alpha value is -1.60. The predicted molar refractivity (Wildman–Crippen MR) is 80.5 cm³/mol. The number of nitrogens with zero attached hydrogens (tertiary/aromatic N) is 3. The summed E-state index contributed by atoms with van der Waals surface area (Å²) in [6, 6.07) is 1.98. The van der Waals surface area contributed by atoms with Gasteiger partial charge in [0, 0.05) is 45.4 Å². The van der Waals surface area contributed by atoms with Crippen LogP contribution in [0.25, 0.3) is 0 Å². The van der Waals surface area contributed by atoms with Crippen molar-refractivity contribution in [2.24, 2.45) is 0 Å². The number of piperazine rings is 1. The van der Waals surface area contributed by atoms with Crippen molar-refractivity contribution in [1.82, 2.24) is 20.3 Å². The van der Waals surface area contributed by atoms with E-state index in [0.29, 0.717) is 6.54 Å². The summed E-state index contributed by atoms with van der Waals surface area (Å²) in [6.07, 6.45) is 2.34. The largest absolute Gasteiger partial charge is 0.376 e. The lowest BCUT2D eigenvalue weighted by molar-refractivity contribution is 0.102. The van der Waals surface area contributed by atoms with Gasteiger partial charge in [0.1, 0.15) is 0 Å². The van der Waals surface area contributed by atoms with E-state index in [4.69, 9.17) is 9.26 Å². The first-order chi connectivity index (χ1) is 10.7. The van der Waals surface area contributed by atoms with Gasteiger partial charge >= 0.3 is 6.03 Å². The van der Waals surface area contributed by atoms with Crippen LogP contribution in [-0.2, 0) is 11.3 Å². The summed E-state index contributed by atoms with van der Waals surface area (Å²) in [6.45, 7) is 7.31. The van der Waals surface area contributed by atoms with Crippen LogP contribution in [0.3, 0.4) is 0 Å². The van der Waals surface area contributed by atoms with Crippen molar-refractivity contribution in [1.29, 1.82) is 0 Å². The molecule has 2 saturated heterocycles. The summed E-state index contributed by atoms with van der Waals surface area (Å²) >= 11 is 0. The fraction of sp³-hybridized carbons (Fsp3) is 0.733. The summed E-state index contributed by atoms with van der Waals surface area (Å²) in [7, 11) is 0. The summed E-state index contributed by atoms with van der Waals surface area (Å²) in [5, 5.41) is 6.88. The topological polar surface area (TPSA) is 70.8 Å². The quantitative estimate of drug-likeness (QED) is 0.898. The van der Waals surface area contributed by atoms with E-state index < -0.39 is 0 Å². The normalized spacial score (nSPS) is 23.0. The Morgan fingerprint density at radius 3 is 2.86 bits per heavy atom. The third kappa shape index (κ3) is 3.98. The minimum absolute atomic E-state index is 0.0191. The van der Waals surface area contributed by atoms with E-state index in [1.807, 2.05) is 17.9 Å². The molecule has 2 amide bonds. The highest BCUT2D eigenvalue weighted by atomic mass is 16.5. The maximum atomic E-state index is 12.1. The van der Waals surface area contributed by atoms with Crippen molar-refractivity contribution in [3.8, 4) is 0 Å². The monoisotopic (exact) mass is 308 g/mol. The number of amides is 2. The number of ether oxygens (including phenoxy) is 1. The average molecular weight is 308 g/mol. The van der Waals surface area contributed by atoms with Crippen molar-refractivity contribution in [2.75, 3.05) is 39.3 Å². The van der Waals surface area contributed by atoms with Crippen LogP contribution in [0.2, 0.25) is 0 Å². The molecule has 0 aromatic carbocycles. The highest BCUT2D eigenvalue weighted by molar-refractivity contribution is 5.74. The van der Waals surface area contributed by atoms with E-state index in [2.05, 4.69) is 15.4 Å². The number of urea groups is 1. The zero-order valence-corrected chi connectivity index (χ0v) is 13.1. The van der Waals surface area contributed by atoms with E-state index in [1.54, 1.807) is 0 Å². The molecule has 1 N–H and O–H groups in total. The number of rotatable bonds is 4. The molecule has 7 heteroatoms. The zero-order valence-electron chi connectivity index (χ0n) is 13.1. The van der Waals surface area contributed by atoms with Gasteiger partial charge in [0.2, 0.25) is 0 Å². The molecule has 0 bridgehead atoms. The molecule has 1 unspecified atom stereocenters. The Kier molecular flexibility index (Phi) is 4.94. The molecule has 3 rings (SSSR count). The highest BCUT2D eigenvalue weighted by Gasteiger charge is 2.23. The third-order valence-corrected chi connectivity index (χ3v) is 4.22. The number of carbonyl (C=O) groups excluding carboxylic acids is 1. The SMILES string of the molecule is Cc1cc(CN2CCN(C(=O)NCC3CCCO3)CC2)on1. The fourth-order valence-corrected chi connectivity index (χ4v) is 2.94. The van der Waals surface area contributed by atoms with Gasteiger partial charge in [-0.15, -0.1) is 0 Å². The maximum absolute atomic E-state index is 12.1. The van der Waals surface area contributed by atoms with Crippen LogP contribution in [-0.4, -0.2) is 66.4 Å². The summed E-state index contributed by atoms with van der Waals surface area (Å²) < 4.78 is 10.8. The molecule has 0 aliphatic carbocycles. The van der Waals surface area contributed by atoms with Crippen molar-refractivity contribution in [2.45, 2.75) is 32.4 Å². The number of hydrogen-bond donors (Lipinski definition) is 1. The van der Waals surface area contributed by atoms with E-state index in [1.165, 1.54) is 0 Å². The molecular formula is C15H24N4O3. The minimum atomic E-state index is 0.0191. The minimum Gasteiger partial charge on any atom is -0.376 e. The predicted octanol–water partition coefficient (Wildman–Crippen LogP) is 0.989. The Balaban J connectivity index is 1.38. The first kappa shape index (κ1) is 15.3. The summed E-state index contributed by atoms with van der Waals surface area (Å²) in [5.74, 6) is 0.883. The van der Waals surface area contributed by atoms with Gasteiger partial charge in [-0.2, -0.15) is 0 Å². The van der Waals surface area contributed by atoms with Crippen LogP contribution in [0.4, 0.5) is 4.79 Å². The second-order valence-corrected chi connectivity index (χ2v) is 6.02. The second kappa shape index (κ2) is 7.11. The van der Waals surface area contributed by atoms with E-state index in [0.717, 1.165) is 63.6 Å². The van der Waals surface area contributed by atoms with Crippen LogP contribution in [0.15, 0.2) is 10.6 Å². The molecule has 1 aromatic rings. The molecule has 2 aliphatic rings. The van der Waals surface area contributed by atoms with Gasteiger partial charge in [-0.3, -0.25) is 4.90 Å². The van der Waals surface area contributed by atoms with E-state index >= 15 is 0 Å². The molecule has 0 saturated carbocycles. The van der Waals surface area contributed by atoms with Crippen molar-refractivity contribution in [3.05, 3.63) is 17.5 Å². The van der Waals surface area contributed by atoms with Gasteiger partial charge < -0.3 is 19.5 Å². The summed E-state index contributed by atoms with van der Waals surface area (Å²) in [5.41, 5.74) is 0.905. The lowest BCUT2D eigenvalue weighted by Crippen LogP contribution is -2.52. The standard InChI is InChI=1S/C15H24N4O3/c1-12-9-14(22-17-12)11-18-4-6-19(7-5-18)15(20)16-10-13-3-2-8-21-13/h9,13H,2-8,10-11H2,1H3,(H,16,20). The molecule has 22 heavy (non-hydrogen) atoms. The molecular weight excluding hydrogens is 284 g/mol. The summed E-state index contributed by atoms with van der Waals surface area (Å²) in [4.78, 5) is 16.3. The van der Waals surface area contributed by atoms with Crippen molar-refractivity contribution >= 4 is 6.03 Å². The molecule has 1 aromatic heterocycles. The average Bonchev–Trinajstić information content (AvgIpc) is 3.17. The van der Waals surface area contributed by atoms with Crippen molar-refractivity contribution in [3.63, 3.8) is 0 Å². The Morgan fingerprint density at radius 1 is 1.41 bits per heavy atom. The third-order valence-electron chi connectivity index (χ3n) is 4.22. The Bertz CT molecular complexity index is 491. The second-order valence-electron chi connectivity index (χ2n) is 6.02. The molecule has 122 valence electrons. The van der Waals surface area contributed by atoms with Crippen LogP contribution < -0.4 is 5.32 Å². The van der Waals surface area contributed by atoms with Crippen molar-refractivity contribution < 1.29 is 14.1 Å². The molecule has 1 atom stereocenters. The zero-order chi connectivity index (χ0) is 15.4. The molecule has 0 radical (unpaired) electrons. The van der Waals surface area contributed by atoms with Gasteiger partial charge in [-0.25, -0.2) is 4.79 Å². The smallest absolute Gasteiger partial charge is 0.317 e. The molecule has 2 aliphatic heterocycles. The van der Waals surface area contributed by atoms with Crippen LogP contribution in [0.5, 0.6) is 0 Å². The first-order valence-electron chi connectivity index (χ1n) is 7.99. The number of aryl methyl sites for hydroxylation is 1. The molecule has 7 nitrogen and oxygen atoms in total. The maximum Gasteiger partial charge on any atom is 0.317 e. The first-order valence-corrected chi connectivity index (χ1v) is 7.99. The number of nitrogens with one attached hydrogen (secondary N) is 1. The number of hydrogen-bond acceptors (Lipinski definition) is 5. The van der Waals surface area contributed by atoms with Gasteiger partial charge in [0.05, 0.1) is 18.3 Å². The number of carbonyl (C=O) groups is 1. The van der Waals surface area contributed by atoms with Gasteiger partial charge in [0.25, 0.3) is 0 Å². The lowest BCUT2D eigenvalue weighted by Gasteiger charge is -2.34. The molecule has 0 spiro atoms. The Morgan fingerprint density at radius 2 is 2.23 bits per heavy atom. The molecule has 3 heterocycles. The van der Waals surface area contributed by atoms with Crippen LogP contribution >= 0.6 is 0 Å². The van der Waals surface area contributed by atoms with E-state index in [-0.39, 0.29) is 12.1 Å². The molecule has 2 fully saturated rings. The highest BCUT2D eigenvalue weighted by Crippen LogP contribution is 2.12. The van der Waals surface area contributed by atoms with Gasteiger partial charge in [0.15, 0.2) is 5.76 Å². The lowest BCUT2D eigenvalue weighted by atomic mass is 10.2. The van der Waals surface area contributed by atoms with Gasteiger partial charge in [-0.1, -0.05) is 5.16 Å². The van der Waals surface area contributed by atoms with Gasteiger partial charge in [-0.05, 0) is 19.8 Å².